The zero-order chi connectivity index (χ0) is 25.0. The van der Waals surface area contributed by atoms with Crippen LogP contribution < -0.4 is 9.46 Å². The van der Waals surface area contributed by atoms with Gasteiger partial charge >= 0.3 is 0 Å². The fourth-order valence-electron chi connectivity index (χ4n) is 4.09. The Bertz CT molecular complexity index is 1260. The van der Waals surface area contributed by atoms with Crippen LogP contribution in [0.25, 0.3) is 11.3 Å². The number of sulfonamides is 1. The van der Waals surface area contributed by atoms with E-state index in [0.29, 0.717) is 17.4 Å². The largest absolute Gasteiger partial charge is 0.480 e. The van der Waals surface area contributed by atoms with Gasteiger partial charge in [0.25, 0.3) is 10.0 Å². The van der Waals surface area contributed by atoms with Crippen LogP contribution in [0.3, 0.4) is 0 Å². The number of anilines is 1. The van der Waals surface area contributed by atoms with Crippen molar-refractivity contribution >= 4 is 27.3 Å². The highest BCUT2D eigenvalue weighted by atomic mass is 35.5. The molecule has 0 bridgehead atoms. The van der Waals surface area contributed by atoms with Gasteiger partial charge in [-0.2, -0.15) is 0 Å². The summed E-state index contributed by atoms with van der Waals surface area (Å²) < 4.78 is 33.6. The molecule has 0 unspecified atom stereocenters. The van der Waals surface area contributed by atoms with Gasteiger partial charge in [-0.1, -0.05) is 35.9 Å². The van der Waals surface area contributed by atoms with E-state index in [9.17, 15) is 8.42 Å². The number of methoxy groups -OCH3 is 1. The van der Waals surface area contributed by atoms with Gasteiger partial charge in [0.05, 0.1) is 23.5 Å². The normalized spacial score (nSPS) is 15.3. The second kappa shape index (κ2) is 10.9. The molecule has 10 heteroatoms. The predicted octanol–water partition coefficient (Wildman–Crippen LogP) is 4.13. The van der Waals surface area contributed by atoms with Gasteiger partial charge in [-0.3, -0.25) is 19.5 Å². The first-order valence-corrected chi connectivity index (χ1v) is 13.4. The summed E-state index contributed by atoms with van der Waals surface area (Å²) in [6.45, 7) is 9.72. The van der Waals surface area contributed by atoms with E-state index in [1.165, 1.54) is 24.9 Å². The molecule has 3 heterocycles. The Kier molecular flexibility index (Phi) is 7.91. The van der Waals surface area contributed by atoms with Gasteiger partial charge in [0, 0.05) is 56.7 Å². The van der Waals surface area contributed by atoms with E-state index in [2.05, 4.69) is 50.5 Å². The van der Waals surface area contributed by atoms with Crippen LogP contribution in [0.2, 0.25) is 5.02 Å². The third-order valence-electron chi connectivity index (χ3n) is 6.07. The molecule has 1 aromatic carbocycles. The molecule has 3 aromatic rings. The zero-order valence-corrected chi connectivity index (χ0v) is 21.7. The molecule has 0 spiro atoms. The van der Waals surface area contributed by atoms with Gasteiger partial charge in [-0.05, 0) is 37.6 Å². The molecule has 0 saturated carbocycles. The average Bonchev–Trinajstić information content (AvgIpc) is 2.85. The lowest BCUT2D eigenvalue weighted by molar-refractivity contribution is 0.104. The molecule has 1 saturated heterocycles. The first-order chi connectivity index (χ1) is 16.7. The molecule has 0 atom stereocenters. The Morgan fingerprint density at radius 2 is 1.77 bits per heavy atom. The van der Waals surface area contributed by atoms with Crippen molar-refractivity contribution in [3.8, 4) is 17.1 Å². The molecular weight excluding hydrogens is 486 g/mol. The lowest BCUT2D eigenvalue weighted by Crippen LogP contribution is -2.48. The number of ether oxygens (including phenoxy) is 1. The van der Waals surface area contributed by atoms with Crippen molar-refractivity contribution < 1.29 is 13.2 Å². The minimum atomic E-state index is -3.97. The summed E-state index contributed by atoms with van der Waals surface area (Å²) in [7, 11) is -2.61. The van der Waals surface area contributed by atoms with Crippen molar-refractivity contribution in [1.82, 2.24) is 19.8 Å². The summed E-state index contributed by atoms with van der Waals surface area (Å²) in [6.07, 6.45) is 2.90. The number of aromatic nitrogens is 2. The topological polar surface area (TPSA) is 87.7 Å². The first-order valence-electron chi connectivity index (χ1n) is 11.5. The Morgan fingerprint density at radius 3 is 2.43 bits per heavy atom. The monoisotopic (exact) mass is 515 g/mol. The zero-order valence-electron chi connectivity index (χ0n) is 20.1. The Hall–Kier alpha value is -2.72. The number of halogens is 1. The molecular formula is C25H30ClN5O3S. The van der Waals surface area contributed by atoms with Gasteiger partial charge in [-0.15, -0.1) is 0 Å². The lowest BCUT2D eigenvalue weighted by Gasteiger charge is -2.36. The van der Waals surface area contributed by atoms with Gasteiger partial charge in [0.2, 0.25) is 5.88 Å². The van der Waals surface area contributed by atoms with Crippen LogP contribution in [0.4, 0.5) is 5.69 Å². The van der Waals surface area contributed by atoms with Crippen molar-refractivity contribution in [2.45, 2.75) is 31.3 Å². The Labute approximate surface area is 212 Å². The van der Waals surface area contributed by atoms with E-state index < -0.39 is 10.0 Å². The summed E-state index contributed by atoms with van der Waals surface area (Å²) in [4.78, 5) is 13.2. The molecule has 8 nitrogen and oxygen atoms in total. The summed E-state index contributed by atoms with van der Waals surface area (Å²) in [5.74, 6) is -0.0302. The van der Waals surface area contributed by atoms with Gasteiger partial charge < -0.3 is 4.74 Å². The van der Waals surface area contributed by atoms with E-state index in [4.69, 9.17) is 16.3 Å². The smallest absolute Gasteiger partial charge is 0.267 e. The summed E-state index contributed by atoms with van der Waals surface area (Å²) in [6, 6.07) is 13.4. The van der Waals surface area contributed by atoms with Crippen molar-refractivity contribution in [3.63, 3.8) is 0 Å². The van der Waals surface area contributed by atoms with Crippen LogP contribution in [0, 0.1) is 0 Å². The molecule has 1 aliphatic rings. The fraction of sp³-hybridized carbons (Fsp3) is 0.360. The Morgan fingerprint density at radius 1 is 1.06 bits per heavy atom. The summed E-state index contributed by atoms with van der Waals surface area (Å²) in [5.41, 5.74) is 3.19. The van der Waals surface area contributed by atoms with Crippen molar-refractivity contribution in [3.05, 3.63) is 65.4 Å². The maximum atomic E-state index is 13.0. The van der Waals surface area contributed by atoms with Crippen molar-refractivity contribution in [1.29, 1.82) is 0 Å². The number of nitrogens with zero attached hydrogens (tertiary/aromatic N) is 4. The number of hydrogen-bond donors (Lipinski definition) is 1. The van der Waals surface area contributed by atoms with Crippen LogP contribution in [0.1, 0.15) is 19.4 Å². The molecule has 2 aromatic heterocycles. The highest BCUT2D eigenvalue weighted by Gasteiger charge is 2.22. The van der Waals surface area contributed by atoms with Crippen LogP contribution in [0.5, 0.6) is 5.88 Å². The summed E-state index contributed by atoms with van der Waals surface area (Å²) in [5, 5.41) is 0.198. The van der Waals surface area contributed by atoms with Crippen LogP contribution in [-0.4, -0.2) is 67.5 Å². The number of hydrogen-bond acceptors (Lipinski definition) is 7. The standard InChI is InChI=1S/C25H30ClN5O3S/c1-18(2)31-12-10-30(11-13-31)17-19-4-6-20(7-5-19)23-15-22(8-9-27-23)29-35(32,33)24-14-21(26)16-28-25(24)34-3/h4-9,14-16,18H,10-13,17H2,1-3H3,(H,27,29). The van der Waals surface area contributed by atoms with Crippen molar-refractivity contribution in [2.75, 3.05) is 38.0 Å². The fourth-order valence-corrected chi connectivity index (χ4v) is 5.51. The van der Waals surface area contributed by atoms with Crippen LogP contribution >= 0.6 is 11.6 Å². The van der Waals surface area contributed by atoms with E-state index >= 15 is 0 Å². The molecule has 0 amide bonds. The molecule has 1 fully saturated rings. The van der Waals surface area contributed by atoms with Gasteiger partial charge in [-0.25, -0.2) is 13.4 Å². The van der Waals surface area contributed by atoms with Crippen LogP contribution in [0.15, 0.2) is 59.8 Å². The second-order valence-electron chi connectivity index (χ2n) is 8.80. The van der Waals surface area contributed by atoms with E-state index in [1.807, 2.05) is 12.1 Å². The number of piperazine rings is 1. The minimum Gasteiger partial charge on any atom is -0.480 e. The highest BCUT2D eigenvalue weighted by molar-refractivity contribution is 7.92. The quantitative estimate of drug-likeness (QED) is 0.482. The molecule has 0 radical (unpaired) electrons. The number of pyridine rings is 2. The molecule has 186 valence electrons. The SMILES string of the molecule is COc1ncc(Cl)cc1S(=O)(=O)Nc1ccnc(-c2ccc(CN3CCN(C(C)C)CC3)cc2)c1. The minimum absolute atomic E-state index is 0.0302. The molecule has 1 N–H and O–H groups in total. The Balaban J connectivity index is 1.45. The first kappa shape index (κ1) is 25.4. The van der Waals surface area contributed by atoms with Gasteiger partial charge in [0.1, 0.15) is 0 Å². The van der Waals surface area contributed by atoms with E-state index in [-0.39, 0.29) is 15.8 Å². The van der Waals surface area contributed by atoms with Crippen molar-refractivity contribution in [2.24, 2.45) is 0 Å². The molecule has 4 rings (SSSR count). The maximum absolute atomic E-state index is 13.0. The predicted molar refractivity (Wildman–Crippen MR) is 138 cm³/mol. The molecule has 35 heavy (non-hydrogen) atoms. The highest BCUT2D eigenvalue weighted by Crippen LogP contribution is 2.28. The van der Waals surface area contributed by atoms with E-state index in [0.717, 1.165) is 38.3 Å². The molecule has 0 aliphatic carbocycles. The number of rotatable bonds is 8. The third kappa shape index (κ3) is 6.29. The molecule has 1 aliphatic heterocycles. The number of benzene rings is 1. The third-order valence-corrected chi connectivity index (χ3v) is 7.66. The maximum Gasteiger partial charge on any atom is 0.267 e. The van der Waals surface area contributed by atoms with Crippen LogP contribution in [-0.2, 0) is 16.6 Å². The van der Waals surface area contributed by atoms with Gasteiger partial charge in [0.15, 0.2) is 4.90 Å². The number of nitrogens with one attached hydrogen (secondary N) is 1. The average molecular weight is 516 g/mol. The van der Waals surface area contributed by atoms with E-state index in [1.54, 1.807) is 18.3 Å². The lowest BCUT2D eigenvalue weighted by atomic mass is 10.1. The second-order valence-corrected chi connectivity index (χ2v) is 10.9. The summed E-state index contributed by atoms with van der Waals surface area (Å²) >= 11 is 5.96.